The van der Waals surface area contributed by atoms with Crippen molar-refractivity contribution in [3.05, 3.63) is 35.9 Å². The van der Waals surface area contributed by atoms with E-state index < -0.39 is 23.8 Å². The van der Waals surface area contributed by atoms with Crippen LogP contribution in [0.1, 0.15) is 5.56 Å². The van der Waals surface area contributed by atoms with Gasteiger partial charge in [0.05, 0.1) is 11.8 Å². The summed E-state index contributed by atoms with van der Waals surface area (Å²) in [7, 11) is 0. The number of hydrogen-bond acceptors (Lipinski definition) is 6. The number of thioether (sulfide) groups is 2. The molecular weight excluding hydrogens is 405 g/mol. The van der Waals surface area contributed by atoms with Gasteiger partial charge in [-0.25, -0.2) is 9.37 Å². The van der Waals surface area contributed by atoms with Gasteiger partial charge in [0, 0.05) is 15.9 Å². The molecule has 0 radical (unpaired) electrons. The number of aromatic nitrogens is 3. The average Bonchev–Trinajstić information content (AvgIpc) is 2.98. The smallest absolute Gasteiger partial charge is 0.307 e. The summed E-state index contributed by atoms with van der Waals surface area (Å²) in [5.41, 5.74) is 0.535. The summed E-state index contributed by atoms with van der Waals surface area (Å²) in [6, 6.07) is 4.82. The van der Waals surface area contributed by atoms with Gasteiger partial charge in [-0.3, -0.25) is 14.7 Å². The van der Waals surface area contributed by atoms with E-state index in [1.165, 1.54) is 35.9 Å². The lowest BCUT2D eigenvalue weighted by molar-refractivity contribution is -0.144. The molecule has 2 aromatic rings. The van der Waals surface area contributed by atoms with Crippen LogP contribution in [0, 0.1) is 42.3 Å². The Labute approximate surface area is 168 Å². The zero-order valence-corrected chi connectivity index (χ0v) is 16.4. The zero-order valence-electron chi connectivity index (χ0n) is 14.8. The minimum Gasteiger partial charge on any atom is -0.481 e. The van der Waals surface area contributed by atoms with Gasteiger partial charge in [-0.15, -0.1) is 11.8 Å². The standard InChI is InChI=1S/C18H18FN3O4S2/c1-7-4-8(2-3-10(7)19)27-5-9-11(16(23)24)12-13(14(12)17(25)26)15(9)28-18-20-6-21-22-18/h2-4,6,9,11-15H,5H2,1H3,(H,23,24)(H,25,26)(H,20,21,22). The second-order valence-corrected chi connectivity index (χ2v) is 9.40. The maximum atomic E-state index is 13.5. The highest BCUT2D eigenvalue weighted by molar-refractivity contribution is 8.00. The van der Waals surface area contributed by atoms with E-state index in [9.17, 15) is 24.2 Å². The van der Waals surface area contributed by atoms with Crippen molar-refractivity contribution in [3.63, 3.8) is 0 Å². The lowest BCUT2D eigenvalue weighted by atomic mass is 9.89. The Morgan fingerprint density at radius 1 is 1.21 bits per heavy atom. The molecule has 4 rings (SSSR count). The van der Waals surface area contributed by atoms with Crippen molar-refractivity contribution in [3.8, 4) is 0 Å². The molecule has 1 aromatic carbocycles. The first kappa shape index (κ1) is 19.3. The van der Waals surface area contributed by atoms with Gasteiger partial charge in [0.2, 0.25) is 0 Å². The van der Waals surface area contributed by atoms with E-state index in [0.29, 0.717) is 16.5 Å². The fraction of sp³-hybridized carbons (Fsp3) is 0.444. The van der Waals surface area contributed by atoms with Gasteiger partial charge in [0.25, 0.3) is 0 Å². The highest BCUT2D eigenvalue weighted by Crippen LogP contribution is 2.67. The molecule has 28 heavy (non-hydrogen) atoms. The number of aromatic amines is 1. The number of carbonyl (C=O) groups is 2. The van der Waals surface area contributed by atoms with Gasteiger partial charge in [-0.05, 0) is 48.4 Å². The summed E-state index contributed by atoms with van der Waals surface area (Å²) in [5, 5.41) is 26.2. The number of halogens is 1. The van der Waals surface area contributed by atoms with Crippen LogP contribution in [-0.4, -0.2) is 48.3 Å². The summed E-state index contributed by atoms with van der Waals surface area (Å²) < 4.78 is 13.5. The van der Waals surface area contributed by atoms with Gasteiger partial charge in [0.1, 0.15) is 12.1 Å². The topological polar surface area (TPSA) is 116 Å². The lowest BCUT2D eigenvalue weighted by Gasteiger charge is -2.26. The Bertz CT molecular complexity index is 910. The first-order valence-corrected chi connectivity index (χ1v) is 10.6. The van der Waals surface area contributed by atoms with E-state index in [1.54, 1.807) is 19.1 Å². The van der Waals surface area contributed by atoms with Crippen LogP contribution in [0.4, 0.5) is 4.39 Å². The number of H-pyrrole nitrogens is 1. The number of hydrogen-bond donors (Lipinski definition) is 3. The molecule has 0 aliphatic heterocycles. The minimum absolute atomic E-state index is 0.186. The van der Waals surface area contributed by atoms with Crippen molar-refractivity contribution in [1.29, 1.82) is 0 Å². The predicted molar refractivity (Wildman–Crippen MR) is 101 cm³/mol. The molecule has 0 spiro atoms. The third-order valence-electron chi connectivity index (χ3n) is 5.59. The molecule has 2 aliphatic rings. The molecule has 148 valence electrons. The maximum Gasteiger partial charge on any atom is 0.307 e. The Hall–Kier alpha value is -2.07. The largest absolute Gasteiger partial charge is 0.481 e. The molecule has 6 atom stereocenters. The zero-order chi connectivity index (χ0) is 20.0. The van der Waals surface area contributed by atoms with Crippen molar-refractivity contribution in [2.75, 3.05) is 5.75 Å². The molecule has 0 bridgehead atoms. The summed E-state index contributed by atoms with van der Waals surface area (Å²) in [6.07, 6.45) is 1.37. The SMILES string of the molecule is Cc1cc(SCC2C(Sc3ncn[nH]3)C3C(C(=O)O)C3C2C(=O)O)ccc1F. The van der Waals surface area contributed by atoms with E-state index in [-0.39, 0.29) is 28.8 Å². The van der Waals surface area contributed by atoms with Crippen LogP contribution < -0.4 is 0 Å². The van der Waals surface area contributed by atoms with Crippen molar-refractivity contribution < 1.29 is 24.2 Å². The van der Waals surface area contributed by atoms with Gasteiger partial charge in [-0.1, -0.05) is 11.8 Å². The quantitative estimate of drug-likeness (QED) is 0.582. The number of nitrogens with zero attached hydrogens (tertiary/aromatic N) is 2. The first-order valence-electron chi connectivity index (χ1n) is 8.75. The molecule has 7 nitrogen and oxygen atoms in total. The van der Waals surface area contributed by atoms with Gasteiger partial charge >= 0.3 is 11.9 Å². The fourth-order valence-corrected chi connectivity index (χ4v) is 7.11. The molecule has 3 N–H and O–H groups in total. The van der Waals surface area contributed by atoms with E-state index in [2.05, 4.69) is 15.2 Å². The molecule has 1 aromatic heterocycles. The van der Waals surface area contributed by atoms with Crippen LogP contribution >= 0.6 is 23.5 Å². The normalized spacial score (nSPS) is 30.8. The van der Waals surface area contributed by atoms with Gasteiger partial charge in [0.15, 0.2) is 5.16 Å². The molecule has 1 heterocycles. The number of rotatable bonds is 7. The number of nitrogens with one attached hydrogen (secondary N) is 1. The highest BCUT2D eigenvalue weighted by Gasteiger charge is 2.71. The Morgan fingerprint density at radius 3 is 2.57 bits per heavy atom. The van der Waals surface area contributed by atoms with E-state index in [4.69, 9.17) is 0 Å². The average molecular weight is 423 g/mol. The summed E-state index contributed by atoms with van der Waals surface area (Å²) >= 11 is 2.84. The maximum absolute atomic E-state index is 13.5. The second-order valence-electron chi connectivity index (χ2n) is 7.14. The summed E-state index contributed by atoms with van der Waals surface area (Å²) in [5.74, 6) is -3.81. The van der Waals surface area contributed by atoms with E-state index in [1.807, 2.05) is 0 Å². The van der Waals surface area contributed by atoms with Crippen molar-refractivity contribution >= 4 is 35.5 Å². The van der Waals surface area contributed by atoms with Crippen LogP contribution in [-0.2, 0) is 9.59 Å². The Kier molecular flexibility index (Phi) is 5.09. The van der Waals surface area contributed by atoms with Crippen LogP contribution in [0.25, 0.3) is 0 Å². The number of aryl methyl sites for hydroxylation is 1. The summed E-state index contributed by atoms with van der Waals surface area (Å²) in [6.45, 7) is 1.68. The summed E-state index contributed by atoms with van der Waals surface area (Å²) in [4.78, 5) is 28.5. The minimum atomic E-state index is -0.958. The first-order chi connectivity index (χ1) is 13.4. The Morgan fingerprint density at radius 2 is 1.96 bits per heavy atom. The van der Waals surface area contributed by atoms with Crippen LogP contribution in [0.15, 0.2) is 34.6 Å². The number of carboxylic acid groups (broad SMARTS) is 2. The van der Waals surface area contributed by atoms with Gasteiger partial charge in [-0.2, -0.15) is 5.10 Å². The van der Waals surface area contributed by atoms with E-state index in [0.717, 1.165) is 4.90 Å². The van der Waals surface area contributed by atoms with Gasteiger partial charge < -0.3 is 10.2 Å². The van der Waals surface area contributed by atoms with Crippen molar-refractivity contribution in [2.24, 2.45) is 29.6 Å². The lowest BCUT2D eigenvalue weighted by Crippen LogP contribution is -2.33. The highest BCUT2D eigenvalue weighted by atomic mass is 32.2. The van der Waals surface area contributed by atoms with Crippen molar-refractivity contribution in [1.82, 2.24) is 15.2 Å². The molecule has 0 amide bonds. The molecule has 10 heteroatoms. The predicted octanol–water partition coefficient (Wildman–Crippen LogP) is 2.78. The Balaban J connectivity index is 1.57. The van der Waals surface area contributed by atoms with E-state index >= 15 is 0 Å². The molecule has 2 saturated carbocycles. The number of fused-ring (bicyclic) bond motifs is 1. The fourth-order valence-electron chi connectivity index (χ4n) is 4.34. The number of carboxylic acids is 2. The van der Waals surface area contributed by atoms with Crippen LogP contribution in [0.2, 0.25) is 0 Å². The second kappa shape index (κ2) is 7.40. The monoisotopic (exact) mass is 423 g/mol. The number of aliphatic carboxylic acids is 2. The van der Waals surface area contributed by atoms with Crippen molar-refractivity contribution in [2.45, 2.75) is 22.2 Å². The molecule has 2 aliphatic carbocycles. The molecule has 2 fully saturated rings. The number of benzene rings is 1. The molecule has 6 unspecified atom stereocenters. The van der Waals surface area contributed by atoms with Crippen LogP contribution in [0.3, 0.4) is 0 Å². The molecular formula is C18H18FN3O4S2. The third kappa shape index (κ3) is 3.39. The molecule has 0 saturated heterocycles. The van der Waals surface area contributed by atoms with Crippen LogP contribution in [0.5, 0.6) is 0 Å². The third-order valence-corrected chi connectivity index (χ3v) is 8.09.